The summed E-state index contributed by atoms with van der Waals surface area (Å²) >= 11 is 1.18. The molecule has 5 heteroatoms. The molecular formula is C14H25NO3S. The summed E-state index contributed by atoms with van der Waals surface area (Å²) in [6.07, 6.45) is 1.30. The number of thioether (sulfide) groups is 1. The molecule has 0 spiro atoms. The van der Waals surface area contributed by atoms with Crippen molar-refractivity contribution in [1.82, 2.24) is 5.32 Å². The summed E-state index contributed by atoms with van der Waals surface area (Å²) in [7, 11) is 0. The molecular weight excluding hydrogens is 262 g/mol. The molecule has 19 heavy (non-hydrogen) atoms. The Morgan fingerprint density at radius 1 is 1.37 bits per heavy atom. The molecule has 1 atom stereocenters. The third-order valence-corrected chi connectivity index (χ3v) is 3.11. The molecule has 0 aliphatic heterocycles. The molecule has 1 N–H and O–H groups in total. The van der Waals surface area contributed by atoms with Gasteiger partial charge in [-0.3, -0.25) is 4.79 Å². The van der Waals surface area contributed by atoms with Gasteiger partial charge in [-0.1, -0.05) is 37.3 Å². The first-order chi connectivity index (χ1) is 8.65. The Labute approximate surface area is 120 Å². The van der Waals surface area contributed by atoms with Gasteiger partial charge in [-0.2, -0.15) is 0 Å². The molecule has 0 heterocycles. The highest BCUT2D eigenvalue weighted by atomic mass is 32.2. The Kier molecular flexibility index (Phi) is 7.83. The van der Waals surface area contributed by atoms with Crippen LogP contribution < -0.4 is 5.32 Å². The lowest BCUT2D eigenvalue weighted by Gasteiger charge is -2.24. The number of rotatable bonds is 6. The molecule has 0 aromatic carbocycles. The molecule has 0 radical (unpaired) electrons. The van der Waals surface area contributed by atoms with Gasteiger partial charge in [0.15, 0.2) is 5.12 Å². The van der Waals surface area contributed by atoms with E-state index in [2.05, 4.69) is 11.9 Å². The van der Waals surface area contributed by atoms with Crippen molar-refractivity contribution in [3.05, 3.63) is 12.2 Å². The number of amides is 1. The fourth-order valence-electron chi connectivity index (χ4n) is 1.41. The SMILES string of the molecule is C=C(CCC)[C@@H](CSC(C)=O)NC(=O)OC(C)(C)C. The van der Waals surface area contributed by atoms with Crippen LogP contribution in [0.4, 0.5) is 4.79 Å². The van der Waals surface area contributed by atoms with E-state index in [-0.39, 0.29) is 11.2 Å². The molecule has 0 aromatic rings. The first-order valence-corrected chi connectivity index (χ1v) is 7.44. The summed E-state index contributed by atoms with van der Waals surface area (Å²) in [5, 5.41) is 2.81. The second kappa shape index (κ2) is 8.25. The molecule has 0 saturated carbocycles. The predicted octanol–water partition coefficient (Wildman–Crippen LogP) is 3.52. The van der Waals surface area contributed by atoms with Crippen molar-refractivity contribution >= 4 is 23.0 Å². The Morgan fingerprint density at radius 3 is 2.37 bits per heavy atom. The Bertz CT molecular complexity index is 334. The van der Waals surface area contributed by atoms with Crippen LogP contribution >= 0.6 is 11.8 Å². The minimum Gasteiger partial charge on any atom is -0.444 e. The average Bonchev–Trinajstić information content (AvgIpc) is 2.21. The van der Waals surface area contributed by atoms with E-state index in [0.717, 1.165) is 18.4 Å². The van der Waals surface area contributed by atoms with Crippen LogP contribution in [0.3, 0.4) is 0 Å². The van der Waals surface area contributed by atoms with E-state index < -0.39 is 11.7 Å². The maximum absolute atomic E-state index is 11.8. The summed E-state index contributed by atoms with van der Waals surface area (Å²) in [5.41, 5.74) is 0.385. The minimum atomic E-state index is -0.533. The summed E-state index contributed by atoms with van der Waals surface area (Å²) in [4.78, 5) is 22.8. The van der Waals surface area contributed by atoms with Gasteiger partial charge in [0.2, 0.25) is 0 Å². The van der Waals surface area contributed by atoms with Gasteiger partial charge in [-0.15, -0.1) is 0 Å². The van der Waals surface area contributed by atoms with Crippen LogP contribution in [0.1, 0.15) is 47.5 Å². The number of hydrogen-bond acceptors (Lipinski definition) is 4. The van der Waals surface area contributed by atoms with Crippen LogP contribution in [-0.4, -0.2) is 28.6 Å². The van der Waals surface area contributed by atoms with Crippen LogP contribution in [-0.2, 0) is 9.53 Å². The third kappa shape index (κ3) is 9.59. The van der Waals surface area contributed by atoms with E-state index in [1.807, 2.05) is 27.7 Å². The largest absolute Gasteiger partial charge is 0.444 e. The summed E-state index contributed by atoms with van der Waals surface area (Å²) in [6, 6.07) is -0.233. The van der Waals surface area contributed by atoms with Gasteiger partial charge < -0.3 is 10.1 Å². The van der Waals surface area contributed by atoms with Crippen molar-refractivity contribution in [2.75, 3.05) is 5.75 Å². The zero-order valence-electron chi connectivity index (χ0n) is 12.5. The van der Waals surface area contributed by atoms with Crippen LogP contribution in [0.2, 0.25) is 0 Å². The molecule has 110 valence electrons. The number of nitrogens with one attached hydrogen (secondary N) is 1. The maximum atomic E-state index is 11.8. The molecule has 0 unspecified atom stereocenters. The fourth-order valence-corrected chi connectivity index (χ4v) is 2.13. The van der Waals surface area contributed by atoms with Crippen molar-refractivity contribution in [3.63, 3.8) is 0 Å². The van der Waals surface area contributed by atoms with Gasteiger partial charge >= 0.3 is 6.09 Å². The van der Waals surface area contributed by atoms with Crippen molar-refractivity contribution in [3.8, 4) is 0 Å². The van der Waals surface area contributed by atoms with Gasteiger partial charge in [-0.05, 0) is 27.2 Å². The van der Waals surface area contributed by atoms with Crippen LogP contribution in [0, 0.1) is 0 Å². The highest BCUT2D eigenvalue weighted by Crippen LogP contribution is 2.15. The average molecular weight is 287 g/mol. The van der Waals surface area contributed by atoms with Crippen molar-refractivity contribution in [2.24, 2.45) is 0 Å². The first kappa shape index (κ1) is 18.0. The van der Waals surface area contributed by atoms with Crippen LogP contribution in [0.15, 0.2) is 12.2 Å². The molecule has 0 aliphatic carbocycles. The topological polar surface area (TPSA) is 55.4 Å². The zero-order chi connectivity index (χ0) is 15.1. The number of hydrogen-bond donors (Lipinski definition) is 1. The van der Waals surface area contributed by atoms with Gasteiger partial charge in [-0.25, -0.2) is 4.79 Å². The van der Waals surface area contributed by atoms with Crippen LogP contribution in [0.25, 0.3) is 0 Å². The standard InChI is InChI=1S/C14H25NO3S/c1-7-8-10(2)12(9-19-11(3)16)15-13(17)18-14(4,5)6/h12H,2,7-9H2,1,3-6H3,(H,15,17)/t12-/m1/s1. The molecule has 0 saturated heterocycles. The summed E-state index contributed by atoms with van der Waals surface area (Å²) < 4.78 is 5.22. The predicted molar refractivity (Wildman–Crippen MR) is 80.3 cm³/mol. The summed E-state index contributed by atoms with van der Waals surface area (Å²) in [6.45, 7) is 13.0. The first-order valence-electron chi connectivity index (χ1n) is 6.46. The Balaban J connectivity index is 4.52. The quantitative estimate of drug-likeness (QED) is 0.759. The van der Waals surface area contributed by atoms with Crippen LogP contribution in [0.5, 0.6) is 0 Å². The molecule has 0 rings (SSSR count). The second-order valence-electron chi connectivity index (χ2n) is 5.41. The molecule has 0 bridgehead atoms. The number of carbonyl (C=O) groups excluding carboxylic acids is 2. The van der Waals surface area contributed by atoms with E-state index in [4.69, 9.17) is 4.74 Å². The van der Waals surface area contributed by atoms with Gasteiger partial charge in [0.25, 0.3) is 0 Å². The minimum absolute atomic E-state index is 0.0280. The van der Waals surface area contributed by atoms with Gasteiger partial charge in [0.05, 0.1) is 6.04 Å². The lowest BCUT2D eigenvalue weighted by molar-refractivity contribution is -0.109. The normalized spacial score (nSPS) is 12.7. The zero-order valence-corrected chi connectivity index (χ0v) is 13.4. The molecule has 1 amide bonds. The van der Waals surface area contributed by atoms with Crippen molar-refractivity contribution in [1.29, 1.82) is 0 Å². The van der Waals surface area contributed by atoms with E-state index in [1.165, 1.54) is 18.7 Å². The number of alkyl carbamates (subject to hydrolysis) is 1. The number of carbonyl (C=O) groups is 2. The Morgan fingerprint density at radius 2 is 1.95 bits per heavy atom. The van der Waals surface area contributed by atoms with Gasteiger partial charge in [0.1, 0.15) is 5.60 Å². The maximum Gasteiger partial charge on any atom is 0.408 e. The van der Waals surface area contributed by atoms with E-state index in [9.17, 15) is 9.59 Å². The third-order valence-electron chi connectivity index (χ3n) is 2.21. The molecule has 0 fully saturated rings. The highest BCUT2D eigenvalue weighted by Gasteiger charge is 2.21. The van der Waals surface area contributed by atoms with E-state index >= 15 is 0 Å². The highest BCUT2D eigenvalue weighted by molar-refractivity contribution is 8.13. The summed E-state index contributed by atoms with van der Waals surface area (Å²) in [5.74, 6) is 0.493. The number of ether oxygens (including phenoxy) is 1. The smallest absolute Gasteiger partial charge is 0.408 e. The lowest BCUT2D eigenvalue weighted by Crippen LogP contribution is -2.41. The monoisotopic (exact) mass is 287 g/mol. The lowest BCUT2D eigenvalue weighted by atomic mass is 10.1. The van der Waals surface area contributed by atoms with E-state index in [0.29, 0.717) is 5.75 Å². The second-order valence-corrected chi connectivity index (χ2v) is 6.61. The van der Waals surface area contributed by atoms with Crippen molar-refractivity contribution in [2.45, 2.75) is 59.1 Å². The molecule has 0 aromatic heterocycles. The Hall–Kier alpha value is -0.970. The fraction of sp³-hybridized carbons (Fsp3) is 0.714. The molecule has 0 aliphatic rings. The van der Waals surface area contributed by atoms with Crippen molar-refractivity contribution < 1.29 is 14.3 Å². The molecule has 4 nitrogen and oxygen atoms in total. The van der Waals surface area contributed by atoms with E-state index in [1.54, 1.807) is 0 Å². The van der Waals surface area contributed by atoms with Gasteiger partial charge in [0, 0.05) is 12.7 Å².